The molecule has 0 aromatic heterocycles. The molecule has 0 radical (unpaired) electrons. The molecule has 0 aliphatic carbocycles. The Morgan fingerprint density at radius 2 is 0.917 bits per heavy atom. The molecule has 0 heterocycles. The first-order valence-corrected chi connectivity index (χ1v) is 8.44. The first-order chi connectivity index (χ1) is 11.1. The molecule has 0 bridgehead atoms. The fourth-order valence-electron chi connectivity index (χ4n) is 0.752. The third kappa shape index (κ3) is 14.7. The van der Waals surface area contributed by atoms with Crippen LogP contribution in [0.1, 0.15) is 41.5 Å². The van der Waals surface area contributed by atoms with Crippen molar-refractivity contribution in [1.82, 2.24) is 0 Å². The van der Waals surface area contributed by atoms with E-state index < -0.39 is 0 Å². The van der Waals surface area contributed by atoms with Gasteiger partial charge in [0.15, 0.2) is 10.2 Å². The monoisotopic (exact) mass is 356 g/mol. The molecule has 0 atom stereocenters. The third-order valence-corrected chi connectivity index (χ3v) is 3.41. The number of carbonyl (C=O) groups is 2. The van der Waals surface area contributed by atoms with Gasteiger partial charge in [-0.15, -0.1) is 12.8 Å². The zero-order valence-corrected chi connectivity index (χ0v) is 16.4. The molecule has 0 fully saturated rings. The van der Waals surface area contributed by atoms with E-state index >= 15 is 0 Å². The van der Waals surface area contributed by atoms with Crippen LogP contribution in [0.25, 0.3) is 0 Å². The van der Waals surface area contributed by atoms with Crippen LogP contribution < -0.4 is 0 Å². The summed E-state index contributed by atoms with van der Waals surface area (Å²) in [7, 11) is 0. The molecule has 0 aromatic carbocycles. The van der Waals surface area contributed by atoms with E-state index in [9.17, 15) is 9.59 Å². The summed E-state index contributed by atoms with van der Waals surface area (Å²) in [6.07, 6.45) is 10.1. The lowest BCUT2D eigenvalue weighted by Gasteiger charge is -1.90. The number of terminal acetylenes is 2. The predicted octanol–water partition coefficient (Wildman–Crippen LogP) is 4.39. The van der Waals surface area contributed by atoms with E-state index in [1.807, 2.05) is 27.7 Å². The van der Waals surface area contributed by atoms with E-state index in [1.165, 1.54) is 13.8 Å². The fraction of sp³-hybridized carbons (Fsp3) is 0.300. The minimum atomic E-state index is -0.0313. The Balaban J connectivity index is 0. The van der Waals surface area contributed by atoms with Gasteiger partial charge in [-0.1, -0.05) is 23.7 Å². The van der Waals surface area contributed by atoms with E-state index in [0.717, 1.165) is 45.8 Å². The van der Waals surface area contributed by atoms with Crippen LogP contribution in [-0.4, -0.2) is 10.2 Å². The first-order valence-electron chi connectivity index (χ1n) is 6.80. The van der Waals surface area contributed by atoms with Gasteiger partial charge in [-0.2, -0.15) is 0 Å². The molecule has 0 aliphatic heterocycles. The van der Waals surface area contributed by atoms with E-state index in [1.54, 1.807) is 0 Å². The Kier molecular flexibility index (Phi) is 14.4. The molecule has 0 saturated heterocycles. The zero-order chi connectivity index (χ0) is 19.1. The summed E-state index contributed by atoms with van der Waals surface area (Å²) < 4.78 is 0. The summed E-state index contributed by atoms with van der Waals surface area (Å²) in [6, 6.07) is 0. The zero-order valence-electron chi connectivity index (χ0n) is 14.8. The summed E-state index contributed by atoms with van der Waals surface area (Å²) in [5.74, 6) is 10.6. The molecule has 0 N–H and O–H groups in total. The molecule has 0 amide bonds. The molecular weight excluding hydrogens is 336 g/mol. The second kappa shape index (κ2) is 14.4. The normalized spacial score (nSPS) is 10.5. The van der Waals surface area contributed by atoms with Gasteiger partial charge < -0.3 is 0 Å². The van der Waals surface area contributed by atoms with Gasteiger partial charge in [0.25, 0.3) is 0 Å². The van der Waals surface area contributed by atoms with Crippen LogP contribution in [0.5, 0.6) is 0 Å². The summed E-state index contributed by atoms with van der Waals surface area (Å²) in [6.45, 7) is 10.2. The lowest BCUT2D eigenvalue weighted by atomic mass is 10.2. The quantitative estimate of drug-likeness (QED) is 0.603. The van der Waals surface area contributed by atoms with Crippen LogP contribution in [-0.2, 0) is 9.59 Å². The lowest BCUT2D eigenvalue weighted by Crippen LogP contribution is -1.79. The standard InChI is InChI=1S/C12H12O2S2.C8H8/c1-9(5-7-15-11(3)13)10(2)6-8-16-12(4)14;1-5-7(3)8(4)6-2/h1-4H3;1-2H,3-4H3/b10-9+;8-7+. The van der Waals surface area contributed by atoms with Crippen molar-refractivity contribution in [2.75, 3.05) is 0 Å². The maximum Gasteiger partial charge on any atom is 0.198 e. The van der Waals surface area contributed by atoms with Crippen molar-refractivity contribution < 1.29 is 9.59 Å². The van der Waals surface area contributed by atoms with Crippen LogP contribution in [0.4, 0.5) is 0 Å². The Bertz CT molecular complexity index is 682. The van der Waals surface area contributed by atoms with Gasteiger partial charge in [-0.3, -0.25) is 9.59 Å². The Morgan fingerprint density at radius 3 is 1.12 bits per heavy atom. The van der Waals surface area contributed by atoms with Crippen molar-refractivity contribution in [1.29, 1.82) is 0 Å². The van der Waals surface area contributed by atoms with Gasteiger partial charge in [0.1, 0.15) is 0 Å². The molecule has 0 aliphatic rings. The molecule has 124 valence electrons. The van der Waals surface area contributed by atoms with E-state index in [-0.39, 0.29) is 10.2 Å². The van der Waals surface area contributed by atoms with Crippen molar-refractivity contribution in [2.24, 2.45) is 0 Å². The van der Waals surface area contributed by atoms with Crippen molar-refractivity contribution in [3.63, 3.8) is 0 Å². The highest BCUT2D eigenvalue weighted by atomic mass is 32.2. The highest BCUT2D eigenvalue weighted by molar-refractivity contribution is 8.17. The Labute approximate surface area is 154 Å². The maximum absolute atomic E-state index is 10.6. The van der Waals surface area contributed by atoms with Gasteiger partial charge in [0.2, 0.25) is 0 Å². The molecule has 4 heteroatoms. The minimum absolute atomic E-state index is 0.0313. The second-order valence-electron chi connectivity index (χ2n) is 4.43. The molecule has 0 rings (SSSR count). The number of hydrogen-bond acceptors (Lipinski definition) is 4. The number of rotatable bonds is 0. The van der Waals surface area contributed by atoms with E-state index in [2.05, 4.69) is 34.2 Å². The molecule has 24 heavy (non-hydrogen) atoms. The maximum atomic E-state index is 10.6. The highest BCUT2D eigenvalue weighted by Gasteiger charge is 1.91. The summed E-state index contributed by atoms with van der Waals surface area (Å²) in [5.41, 5.74) is 3.30. The van der Waals surface area contributed by atoms with Crippen LogP contribution in [0.3, 0.4) is 0 Å². The number of thioether (sulfide) groups is 2. The molecule has 0 spiro atoms. The van der Waals surface area contributed by atoms with Gasteiger partial charge in [0.05, 0.1) is 0 Å². The van der Waals surface area contributed by atoms with Gasteiger partial charge in [-0.25, -0.2) is 0 Å². The summed E-state index contributed by atoms with van der Waals surface area (Å²) in [5, 5.41) is 5.30. The van der Waals surface area contributed by atoms with Gasteiger partial charge in [0, 0.05) is 59.7 Å². The highest BCUT2D eigenvalue weighted by Crippen LogP contribution is 2.05. The third-order valence-electron chi connectivity index (χ3n) is 2.42. The second-order valence-corrected chi connectivity index (χ2v) is 6.40. The first kappa shape index (κ1) is 24.0. The summed E-state index contributed by atoms with van der Waals surface area (Å²) in [4.78, 5) is 21.2. The molecule has 0 saturated carbocycles. The number of hydrogen-bond donors (Lipinski definition) is 0. The summed E-state index contributed by atoms with van der Waals surface area (Å²) >= 11 is 1.93. The molecular formula is C20H20O2S2. The van der Waals surface area contributed by atoms with Crippen LogP contribution in [0.2, 0.25) is 0 Å². The minimum Gasteiger partial charge on any atom is -0.287 e. The SMILES string of the molecule is C#C/C(C)=C(\C)C#C.CC(=O)SC#C/C(C)=C(\C)C#CSC(C)=O. The molecule has 0 aromatic rings. The fourth-order valence-corrected chi connectivity index (χ4v) is 1.45. The number of carbonyl (C=O) groups excluding carboxylic acids is 2. The average Bonchev–Trinajstić information content (AvgIpc) is 2.52. The molecule has 2 nitrogen and oxygen atoms in total. The van der Waals surface area contributed by atoms with Gasteiger partial charge >= 0.3 is 0 Å². The Morgan fingerprint density at radius 1 is 0.625 bits per heavy atom. The van der Waals surface area contributed by atoms with Crippen molar-refractivity contribution in [2.45, 2.75) is 41.5 Å². The van der Waals surface area contributed by atoms with Crippen LogP contribution in [0.15, 0.2) is 22.3 Å². The number of allylic oxidation sites excluding steroid dienone is 4. The van der Waals surface area contributed by atoms with Crippen molar-refractivity contribution >= 4 is 33.8 Å². The predicted molar refractivity (Wildman–Crippen MR) is 107 cm³/mol. The Hall–Kier alpha value is -2.24. The van der Waals surface area contributed by atoms with Crippen LogP contribution >= 0.6 is 23.5 Å². The largest absolute Gasteiger partial charge is 0.287 e. The molecule has 0 unspecified atom stereocenters. The van der Waals surface area contributed by atoms with Crippen LogP contribution in [0, 0.1) is 47.0 Å². The van der Waals surface area contributed by atoms with E-state index in [4.69, 9.17) is 12.8 Å². The van der Waals surface area contributed by atoms with E-state index in [0.29, 0.717) is 0 Å². The lowest BCUT2D eigenvalue weighted by molar-refractivity contribution is -0.109. The van der Waals surface area contributed by atoms with Gasteiger partial charge in [-0.05, 0) is 38.2 Å². The van der Waals surface area contributed by atoms with Crippen molar-refractivity contribution in [3.05, 3.63) is 22.3 Å². The average molecular weight is 357 g/mol. The smallest absolute Gasteiger partial charge is 0.198 e. The van der Waals surface area contributed by atoms with Crippen molar-refractivity contribution in [3.8, 4) is 47.0 Å². The topological polar surface area (TPSA) is 34.1 Å².